The van der Waals surface area contributed by atoms with E-state index in [9.17, 15) is 0 Å². The monoisotopic (exact) mass is 174 g/mol. The summed E-state index contributed by atoms with van der Waals surface area (Å²) in [6.07, 6.45) is 2.38. The van der Waals surface area contributed by atoms with E-state index in [-0.39, 0.29) is 6.29 Å². The van der Waals surface area contributed by atoms with Crippen LogP contribution < -0.4 is 0 Å². The summed E-state index contributed by atoms with van der Waals surface area (Å²) in [4.78, 5) is 0. The van der Waals surface area contributed by atoms with E-state index in [0.29, 0.717) is 12.7 Å². The van der Waals surface area contributed by atoms with Crippen molar-refractivity contribution in [2.24, 2.45) is 0 Å². The van der Waals surface area contributed by atoms with Gasteiger partial charge in [-0.25, -0.2) is 0 Å². The Balaban J connectivity index is 2.03. The summed E-state index contributed by atoms with van der Waals surface area (Å²) in [5.74, 6) is 0. The highest BCUT2D eigenvalue weighted by molar-refractivity contribution is 4.67. The smallest absolute Gasteiger partial charge is 0.157 e. The van der Waals surface area contributed by atoms with E-state index in [1.165, 1.54) is 0 Å². The molecule has 12 heavy (non-hydrogen) atoms. The maximum absolute atomic E-state index is 5.50. The van der Waals surface area contributed by atoms with Gasteiger partial charge >= 0.3 is 0 Å². The summed E-state index contributed by atoms with van der Waals surface area (Å²) in [7, 11) is 0. The largest absolute Gasteiger partial charge is 0.371 e. The van der Waals surface area contributed by atoms with Gasteiger partial charge < -0.3 is 14.2 Å². The molecule has 0 N–H and O–H groups in total. The maximum Gasteiger partial charge on any atom is 0.157 e. The van der Waals surface area contributed by atoms with E-state index in [0.717, 1.165) is 26.1 Å². The summed E-state index contributed by atoms with van der Waals surface area (Å²) in [6.45, 7) is 6.37. The summed E-state index contributed by atoms with van der Waals surface area (Å²) in [5.41, 5.74) is 0. The Bertz CT molecular complexity index is 106. The molecule has 0 bridgehead atoms. The van der Waals surface area contributed by atoms with Crippen LogP contribution in [0.5, 0.6) is 0 Å². The summed E-state index contributed by atoms with van der Waals surface area (Å²) in [5, 5.41) is 0. The van der Waals surface area contributed by atoms with Crippen molar-refractivity contribution in [3.63, 3.8) is 0 Å². The second-order valence-electron chi connectivity index (χ2n) is 2.96. The van der Waals surface area contributed by atoms with Crippen LogP contribution in [0.3, 0.4) is 0 Å². The third-order valence-electron chi connectivity index (χ3n) is 1.75. The van der Waals surface area contributed by atoms with Crippen LogP contribution in [0.4, 0.5) is 0 Å². The first kappa shape index (κ1) is 9.96. The molecule has 0 aromatic heterocycles. The lowest BCUT2D eigenvalue weighted by molar-refractivity contribution is -0.145. The highest BCUT2D eigenvalue weighted by Gasteiger charge is 2.24. The minimum Gasteiger partial charge on any atom is -0.371 e. The molecule has 1 aliphatic heterocycles. The quantitative estimate of drug-likeness (QED) is 0.433. The lowest BCUT2D eigenvalue weighted by Gasteiger charge is -2.15. The van der Waals surface area contributed by atoms with Crippen molar-refractivity contribution in [1.82, 2.24) is 0 Å². The third-order valence-corrected chi connectivity index (χ3v) is 1.75. The predicted octanol–water partition coefficient (Wildman–Crippen LogP) is 1.56. The number of rotatable bonds is 7. The first-order valence-corrected chi connectivity index (χ1v) is 4.71. The van der Waals surface area contributed by atoms with E-state index in [4.69, 9.17) is 14.2 Å². The van der Waals surface area contributed by atoms with Crippen molar-refractivity contribution >= 4 is 0 Å². The van der Waals surface area contributed by atoms with Gasteiger partial charge in [0.25, 0.3) is 0 Å². The molecule has 1 heterocycles. The summed E-state index contributed by atoms with van der Waals surface area (Å²) >= 11 is 0. The van der Waals surface area contributed by atoms with Crippen LogP contribution >= 0.6 is 0 Å². The molecular weight excluding hydrogens is 156 g/mol. The van der Waals surface area contributed by atoms with Crippen molar-refractivity contribution in [1.29, 1.82) is 0 Å². The molecule has 0 radical (unpaired) electrons. The molecule has 0 aromatic rings. The summed E-state index contributed by atoms with van der Waals surface area (Å²) in [6, 6.07) is 0. The van der Waals surface area contributed by atoms with E-state index in [1.807, 2.05) is 6.92 Å². The van der Waals surface area contributed by atoms with Gasteiger partial charge in [-0.15, -0.1) is 0 Å². The third kappa shape index (κ3) is 4.04. The lowest BCUT2D eigenvalue weighted by atomic mass is 10.3. The van der Waals surface area contributed by atoms with Crippen LogP contribution in [0.15, 0.2) is 0 Å². The molecule has 1 saturated heterocycles. The highest BCUT2D eigenvalue weighted by atomic mass is 16.7. The van der Waals surface area contributed by atoms with Crippen LogP contribution in [0.25, 0.3) is 0 Å². The first-order chi connectivity index (χ1) is 5.86. The molecule has 72 valence electrons. The van der Waals surface area contributed by atoms with Gasteiger partial charge in [0.05, 0.1) is 13.2 Å². The minimum absolute atomic E-state index is 0.0239. The Morgan fingerprint density at radius 3 is 2.67 bits per heavy atom. The van der Waals surface area contributed by atoms with E-state index < -0.39 is 0 Å². The Kier molecular flexibility index (Phi) is 4.58. The fourth-order valence-corrected chi connectivity index (χ4v) is 1.02. The summed E-state index contributed by atoms with van der Waals surface area (Å²) < 4.78 is 15.9. The van der Waals surface area contributed by atoms with Crippen LogP contribution in [-0.4, -0.2) is 32.2 Å². The maximum atomic E-state index is 5.50. The normalized spacial score (nSPS) is 24.0. The van der Waals surface area contributed by atoms with Gasteiger partial charge in [-0.2, -0.15) is 0 Å². The minimum atomic E-state index is -0.0239. The number of hydrogen-bond acceptors (Lipinski definition) is 3. The second-order valence-corrected chi connectivity index (χ2v) is 2.96. The molecule has 0 aliphatic carbocycles. The zero-order chi connectivity index (χ0) is 8.81. The first-order valence-electron chi connectivity index (χ1n) is 4.71. The molecule has 1 aliphatic rings. The number of ether oxygens (including phenoxy) is 3. The van der Waals surface area contributed by atoms with Gasteiger partial charge in [0.2, 0.25) is 0 Å². The molecule has 0 amide bonds. The van der Waals surface area contributed by atoms with E-state index >= 15 is 0 Å². The Morgan fingerprint density at radius 1 is 1.42 bits per heavy atom. The van der Waals surface area contributed by atoms with E-state index in [1.54, 1.807) is 0 Å². The van der Waals surface area contributed by atoms with Crippen molar-refractivity contribution in [3.8, 4) is 0 Å². The predicted molar refractivity (Wildman–Crippen MR) is 46.0 cm³/mol. The second kappa shape index (κ2) is 5.51. The lowest BCUT2D eigenvalue weighted by Crippen LogP contribution is -2.19. The van der Waals surface area contributed by atoms with Crippen molar-refractivity contribution < 1.29 is 14.2 Å². The molecular formula is C9H18O3. The molecule has 2 unspecified atom stereocenters. The van der Waals surface area contributed by atoms with Gasteiger partial charge in [-0.1, -0.05) is 13.3 Å². The molecule has 1 rings (SSSR count). The van der Waals surface area contributed by atoms with Crippen molar-refractivity contribution in [3.05, 3.63) is 0 Å². The fraction of sp³-hybridized carbons (Fsp3) is 1.00. The number of hydrogen-bond donors (Lipinski definition) is 0. The van der Waals surface area contributed by atoms with Gasteiger partial charge in [-0.05, 0) is 13.3 Å². The van der Waals surface area contributed by atoms with Crippen LogP contribution in [0.1, 0.15) is 26.7 Å². The molecule has 3 heteroatoms. The molecule has 2 atom stereocenters. The van der Waals surface area contributed by atoms with E-state index in [2.05, 4.69) is 6.92 Å². The van der Waals surface area contributed by atoms with Gasteiger partial charge in [-0.3, -0.25) is 0 Å². The fourth-order valence-electron chi connectivity index (χ4n) is 1.02. The Hall–Kier alpha value is -0.120. The van der Waals surface area contributed by atoms with Crippen LogP contribution in [-0.2, 0) is 14.2 Å². The molecule has 0 saturated carbocycles. The average molecular weight is 174 g/mol. The average Bonchev–Trinajstić information content (AvgIpc) is 2.84. The van der Waals surface area contributed by atoms with Gasteiger partial charge in [0.1, 0.15) is 6.10 Å². The van der Waals surface area contributed by atoms with Gasteiger partial charge in [0, 0.05) is 6.61 Å². The highest BCUT2D eigenvalue weighted by Crippen LogP contribution is 2.12. The number of epoxide rings is 1. The zero-order valence-electron chi connectivity index (χ0n) is 7.91. The molecule has 0 aromatic carbocycles. The SMILES string of the molecule is CCCC(OCC)OCC1CO1. The molecule has 1 fully saturated rings. The standard InChI is InChI=1S/C9H18O3/c1-3-5-9(10-4-2)12-7-8-6-11-8/h8-9H,3-7H2,1-2H3. The molecule has 3 nitrogen and oxygen atoms in total. The zero-order valence-corrected chi connectivity index (χ0v) is 7.91. The van der Waals surface area contributed by atoms with Crippen molar-refractivity contribution in [2.45, 2.75) is 39.1 Å². The van der Waals surface area contributed by atoms with Crippen molar-refractivity contribution in [2.75, 3.05) is 19.8 Å². The van der Waals surface area contributed by atoms with Gasteiger partial charge in [0.15, 0.2) is 6.29 Å². The topological polar surface area (TPSA) is 31.0 Å². The molecule has 0 spiro atoms. The van der Waals surface area contributed by atoms with Crippen LogP contribution in [0.2, 0.25) is 0 Å². The Labute approximate surface area is 74.0 Å². The van der Waals surface area contributed by atoms with Crippen LogP contribution in [0, 0.1) is 0 Å². The Morgan fingerprint density at radius 2 is 2.17 bits per heavy atom.